The van der Waals surface area contributed by atoms with Gasteiger partial charge in [0.05, 0.1) is 18.8 Å². The van der Waals surface area contributed by atoms with E-state index in [0.29, 0.717) is 6.61 Å². The number of hydroxylamine groups is 2. The summed E-state index contributed by atoms with van der Waals surface area (Å²) in [4.78, 5) is 0. The minimum atomic E-state index is -0.600. The van der Waals surface area contributed by atoms with Crippen LogP contribution in [0.25, 0.3) is 0 Å². The lowest BCUT2D eigenvalue weighted by atomic mass is 9.72. The van der Waals surface area contributed by atoms with Crippen molar-refractivity contribution in [2.75, 3.05) is 13.3 Å². The molecular weight excluding hydrogens is 290 g/mol. The highest BCUT2D eigenvalue weighted by Crippen LogP contribution is 2.49. The van der Waals surface area contributed by atoms with E-state index in [0.717, 1.165) is 11.1 Å². The summed E-state index contributed by atoms with van der Waals surface area (Å²) in [6, 6.07) is 20.4. The average Bonchev–Trinajstić information content (AvgIpc) is 3.00. The van der Waals surface area contributed by atoms with Crippen molar-refractivity contribution < 1.29 is 14.7 Å². The van der Waals surface area contributed by atoms with Crippen molar-refractivity contribution in [3.8, 4) is 0 Å². The fourth-order valence-electron chi connectivity index (χ4n) is 4.08. The van der Waals surface area contributed by atoms with Crippen LogP contribution in [0.5, 0.6) is 0 Å². The molecule has 4 rings (SSSR count). The molecule has 23 heavy (non-hydrogen) atoms. The van der Waals surface area contributed by atoms with E-state index in [1.165, 1.54) is 5.06 Å². The lowest BCUT2D eigenvalue weighted by Crippen LogP contribution is -2.58. The van der Waals surface area contributed by atoms with Crippen LogP contribution in [0.1, 0.15) is 18.1 Å². The molecule has 2 heterocycles. The number of ether oxygens (including phenoxy) is 2. The summed E-state index contributed by atoms with van der Waals surface area (Å²) in [5.41, 5.74) is 1.61. The largest absolute Gasteiger partial charge is 0.376 e. The van der Waals surface area contributed by atoms with Gasteiger partial charge in [-0.15, -0.1) is 0 Å². The Morgan fingerprint density at radius 3 is 2.13 bits per heavy atom. The van der Waals surface area contributed by atoms with E-state index in [-0.39, 0.29) is 24.8 Å². The van der Waals surface area contributed by atoms with Gasteiger partial charge in [0.25, 0.3) is 0 Å². The Bertz CT molecular complexity index is 621. The molecule has 2 aromatic carbocycles. The van der Waals surface area contributed by atoms with Crippen LogP contribution < -0.4 is 0 Å². The van der Waals surface area contributed by atoms with E-state index in [4.69, 9.17) is 9.47 Å². The van der Waals surface area contributed by atoms with Gasteiger partial charge in [0.1, 0.15) is 12.3 Å². The van der Waals surface area contributed by atoms with Crippen LogP contribution >= 0.6 is 0 Å². The molecule has 2 fully saturated rings. The van der Waals surface area contributed by atoms with E-state index in [9.17, 15) is 5.21 Å². The van der Waals surface area contributed by atoms with E-state index < -0.39 is 5.60 Å². The number of rotatable bonds is 2. The SMILES string of the molecule is C[C@@H]1OC[C@@H]2[C@H]1N(O)COC2(c1ccccc1)c1ccccc1. The fourth-order valence-corrected chi connectivity index (χ4v) is 4.08. The molecular formula is C19H21NO3. The number of nitrogens with zero attached hydrogens (tertiary/aromatic N) is 1. The summed E-state index contributed by atoms with van der Waals surface area (Å²) in [5.74, 6) is 0.0287. The number of benzene rings is 2. The van der Waals surface area contributed by atoms with Crippen molar-refractivity contribution >= 4 is 0 Å². The van der Waals surface area contributed by atoms with Crippen LogP contribution in [-0.4, -0.2) is 35.8 Å². The average molecular weight is 311 g/mol. The molecule has 120 valence electrons. The Morgan fingerprint density at radius 2 is 1.57 bits per heavy atom. The number of fused-ring (bicyclic) bond motifs is 1. The third-order valence-electron chi connectivity index (χ3n) is 5.13. The third kappa shape index (κ3) is 2.22. The zero-order valence-corrected chi connectivity index (χ0v) is 13.1. The van der Waals surface area contributed by atoms with Crippen LogP contribution in [0.15, 0.2) is 60.7 Å². The first-order valence-corrected chi connectivity index (χ1v) is 8.05. The van der Waals surface area contributed by atoms with Crippen molar-refractivity contribution in [2.45, 2.75) is 24.7 Å². The molecule has 0 bridgehead atoms. The first kappa shape index (κ1) is 14.8. The summed E-state index contributed by atoms with van der Waals surface area (Å²) in [6.07, 6.45) is -0.0271. The normalized spacial score (nSPS) is 30.1. The predicted octanol–water partition coefficient (Wildman–Crippen LogP) is 3.01. The minimum Gasteiger partial charge on any atom is -0.376 e. The fraction of sp³-hybridized carbons (Fsp3) is 0.368. The molecule has 0 radical (unpaired) electrons. The van der Waals surface area contributed by atoms with E-state index >= 15 is 0 Å². The maximum Gasteiger partial charge on any atom is 0.127 e. The number of hydrogen-bond donors (Lipinski definition) is 1. The Morgan fingerprint density at radius 1 is 1.00 bits per heavy atom. The van der Waals surface area contributed by atoms with Crippen molar-refractivity contribution in [2.24, 2.45) is 5.92 Å². The van der Waals surface area contributed by atoms with Gasteiger partial charge in [-0.2, -0.15) is 5.06 Å². The molecule has 0 saturated carbocycles. The van der Waals surface area contributed by atoms with Gasteiger partial charge < -0.3 is 14.7 Å². The molecule has 2 aliphatic heterocycles. The first-order chi connectivity index (χ1) is 11.2. The van der Waals surface area contributed by atoms with Gasteiger partial charge in [-0.3, -0.25) is 0 Å². The Labute approximate surface area is 136 Å². The van der Waals surface area contributed by atoms with Gasteiger partial charge in [-0.05, 0) is 18.1 Å². The zero-order chi connectivity index (χ0) is 15.9. The van der Waals surface area contributed by atoms with Crippen molar-refractivity contribution in [1.82, 2.24) is 5.06 Å². The van der Waals surface area contributed by atoms with Crippen LogP contribution in [0, 0.1) is 5.92 Å². The van der Waals surface area contributed by atoms with Crippen LogP contribution in [-0.2, 0) is 15.1 Å². The van der Waals surface area contributed by atoms with Crippen LogP contribution in [0.2, 0.25) is 0 Å². The smallest absolute Gasteiger partial charge is 0.127 e. The summed E-state index contributed by atoms with van der Waals surface area (Å²) < 4.78 is 12.2. The van der Waals surface area contributed by atoms with Gasteiger partial charge >= 0.3 is 0 Å². The molecule has 0 spiro atoms. The molecule has 1 N–H and O–H groups in total. The number of hydrogen-bond acceptors (Lipinski definition) is 4. The second-order valence-electron chi connectivity index (χ2n) is 6.32. The van der Waals surface area contributed by atoms with Crippen molar-refractivity contribution in [1.29, 1.82) is 0 Å². The topological polar surface area (TPSA) is 41.9 Å². The minimum absolute atomic E-state index is 0.0271. The van der Waals surface area contributed by atoms with Gasteiger partial charge in [-0.1, -0.05) is 60.7 Å². The molecule has 2 aliphatic rings. The third-order valence-corrected chi connectivity index (χ3v) is 5.13. The molecule has 4 nitrogen and oxygen atoms in total. The lowest BCUT2D eigenvalue weighted by molar-refractivity contribution is -0.279. The van der Waals surface area contributed by atoms with Crippen LogP contribution in [0.3, 0.4) is 0 Å². The monoisotopic (exact) mass is 311 g/mol. The summed E-state index contributed by atoms with van der Waals surface area (Å²) >= 11 is 0. The Balaban J connectivity index is 1.90. The molecule has 2 saturated heterocycles. The van der Waals surface area contributed by atoms with Gasteiger partial charge in [-0.25, -0.2) is 0 Å². The zero-order valence-electron chi connectivity index (χ0n) is 13.1. The second-order valence-corrected chi connectivity index (χ2v) is 6.32. The van der Waals surface area contributed by atoms with Crippen molar-refractivity contribution in [3.05, 3.63) is 71.8 Å². The van der Waals surface area contributed by atoms with Gasteiger partial charge in [0.15, 0.2) is 0 Å². The molecule has 4 heteroatoms. The maximum atomic E-state index is 10.3. The highest BCUT2D eigenvalue weighted by atomic mass is 16.6. The Kier molecular flexibility index (Phi) is 3.70. The van der Waals surface area contributed by atoms with E-state index in [2.05, 4.69) is 24.3 Å². The first-order valence-electron chi connectivity index (χ1n) is 8.05. The van der Waals surface area contributed by atoms with E-state index in [1.807, 2.05) is 43.3 Å². The van der Waals surface area contributed by atoms with Crippen molar-refractivity contribution in [3.63, 3.8) is 0 Å². The molecule has 0 amide bonds. The quantitative estimate of drug-likeness (QED) is 0.926. The Hall–Kier alpha value is -1.72. The summed E-state index contributed by atoms with van der Waals surface area (Å²) in [6.45, 7) is 2.74. The van der Waals surface area contributed by atoms with E-state index in [1.54, 1.807) is 0 Å². The summed E-state index contributed by atoms with van der Waals surface area (Å²) in [5, 5.41) is 11.6. The second kappa shape index (κ2) is 5.73. The maximum absolute atomic E-state index is 10.3. The van der Waals surface area contributed by atoms with Gasteiger partial charge in [0.2, 0.25) is 0 Å². The van der Waals surface area contributed by atoms with Crippen LogP contribution in [0.4, 0.5) is 0 Å². The standard InChI is InChI=1S/C19H21NO3/c1-14-18-17(12-22-14)19(23-13-20(18)21,15-8-4-2-5-9-15)16-10-6-3-7-11-16/h2-11,14,17-18,21H,12-13H2,1H3/t14-,17+,18-/m0/s1. The molecule has 3 atom stereocenters. The lowest BCUT2D eigenvalue weighted by Gasteiger charge is -2.48. The molecule has 0 unspecified atom stereocenters. The predicted molar refractivity (Wildman–Crippen MR) is 85.9 cm³/mol. The molecule has 0 aliphatic carbocycles. The molecule has 2 aromatic rings. The van der Waals surface area contributed by atoms with Gasteiger partial charge in [0, 0.05) is 5.92 Å². The highest BCUT2D eigenvalue weighted by Gasteiger charge is 2.56. The molecule has 0 aromatic heterocycles. The highest BCUT2D eigenvalue weighted by molar-refractivity contribution is 5.39. The summed E-state index contributed by atoms with van der Waals surface area (Å²) in [7, 11) is 0.